The summed E-state index contributed by atoms with van der Waals surface area (Å²) in [5.74, 6) is -7.13. The van der Waals surface area contributed by atoms with Crippen molar-refractivity contribution < 1.29 is 109 Å². The summed E-state index contributed by atoms with van der Waals surface area (Å²) in [7, 11) is 0. The predicted octanol–water partition coefficient (Wildman–Crippen LogP) is 1.66. The molecule has 3 saturated heterocycles. The zero-order valence-corrected chi connectivity index (χ0v) is 49.5. The first-order valence-corrected chi connectivity index (χ1v) is 30.5. The Labute approximate surface area is 499 Å². The molecule has 474 valence electrons. The van der Waals surface area contributed by atoms with Crippen molar-refractivity contribution in [2.45, 2.75) is 197 Å². The lowest BCUT2D eigenvalue weighted by atomic mass is 9.33. The van der Waals surface area contributed by atoms with Crippen LogP contribution < -0.4 is 0 Å². The maximum atomic E-state index is 15.5. The van der Waals surface area contributed by atoms with E-state index in [1.165, 1.54) is 12.1 Å². The summed E-state index contributed by atoms with van der Waals surface area (Å²) < 4.78 is 43.1. The van der Waals surface area contributed by atoms with Crippen molar-refractivity contribution in [3.63, 3.8) is 0 Å². The molecular formula is C64H86O22. The minimum atomic E-state index is -1.95. The molecule has 2 aromatic carbocycles. The van der Waals surface area contributed by atoms with Gasteiger partial charge in [0.2, 0.25) is 6.29 Å². The fourth-order valence-electron chi connectivity index (χ4n) is 18.7. The molecule has 22 heteroatoms. The standard InChI is InChI=1S/C64H86O22/c1-31-64(30-81-54(77)33-15-11-8-12-16-33)25-34(55(78)82-31)43(68)42(64)49-48(73)50(45(70)38(83-49)28-80-53(76)32-13-9-7-10-14-32)86-62(6)22-24-63(57(79)85-56-47(72)46(71)44(69)37(27-65)84-56)23-21-60(4)35(41(63)52(62)75)17-18-40-58(2)26-36(67)51(74)59(3,29-66)39(58)19-20-61(40,60)5/h7-17,31,34,36-52,56,65-75H,18-30H2,1-6H3. The molecule has 86 heavy (non-hydrogen) atoms. The van der Waals surface area contributed by atoms with Gasteiger partial charge >= 0.3 is 23.9 Å². The number of esters is 4. The van der Waals surface area contributed by atoms with E-state index in [2.05, 4.69) is 20.8 Å². The average molecular weight is 1210 g/mol. The Bertz CT molecular complexity index is 2890. The molecule has 11 rings (SSSR count). The van der Waals surface area contributed by atoms with Gasteiger partial charge in [-0.3, -0.25) is 9.59 Å². The lowest BCUT2D eigenvalue weighted by molar-refractivity contribution is -0.311. The molecule has 0 aromatic heterocycles. The summed E-state index contributed by atoms with van der Waals surface area (Å²) >= 11 is 0. The monoisotopic (exact) mass is 1210 g/mol. The largest absolute Gasteiger partial charge is 0.462 e. The van der Waals surface area contributed by atoms with E-state index in [1.54, 1.807) is 62.4 Å². The van der Waals surface area contributed by atoms with Gasteiger partial charge in [0, 0.05) is 17.3 Å². The van der Waals surface area contributed by atoms with Crippen molar-refractivity contribution in [3.05, 3.63) is 83.4 Å². The number of allylic oxidation sites excluding steroid dienone is 1. The molecular weight excluding hydrogens is 1120 g/mol. The van der Waals surface area contributed by atoms with E-state index in [4.69, 9.17) is 33.2 Å². The highest BCUT2D eigenvalue weighted by Gasteiger charge is 2.74. The van der Waals surface area contributed by atoms with Crippen LogP contribution in [0.1, 0.15) is 120 Å². The minimum absolute atomic E-state index is 0.0641. The van der Waals surface area contributed by atoms with Crippen LogP contribution in [0, 0.1) is 62.1 Å². The second-order valence-corrected chi connectivity index (χ2v) is 27.9. The van der Waals surface area contributed by atoms with E-state index in [-0.39, 0.29) is 61.7 Å². The number of aliphatic hydroxyl groups excluding tert-OH is 11. The van der Waals surface area contributed by atoms with Gasteiger partial charge in [0.25, 0.3) is 0 Å². The molecule has 2 aromatic rings. The number of rotatable bonds is 13. The van der Waals surface area contributed by atoms with Crippen LogP contribution >= 0.6 is 0 Å². The summed E-state index contributed by atoms with van der Waals surface area (Å²) in [6, 6.07) is 16.2. The van der Waals surface area contributed by atoms with Gasteiger partial charge in [0.05, 0.1) is 77.2 Å². The number of cyclic esters (lactones) is 1. The van der Waals surface area contributed by atoms with E-state index in [0.29, 0.717) is 31.3 Å². The number of aliphatic hydroxyl groups is 11. The third kappa shape index (κ3) is 9.55. The Kier molecular flexibility index (Phi) is 16.7. The Balaban J connectivity index is 0.977. The molecule has 3 aliphatic heterocycles. The highest BCUT2D eigenvalue weighted by molar-refractivity contribution is 5.90. The fraction of sp³-hybridized carbons (Fsp3) is 0.719. The molecule has 6 aliphatic carbocycles. The van der Waals surface area contributed by atoms with E-state index in [0.717, 1.165) is 0 Å². The van der Waals surface area contributed by atoms with Gasteiger partial charge in [-0.2, -0.15) is 0 Å². The van der Waals surface area contributed by atoms with Crippen molar-refractivity contribution in [1.29, 1.82) is 0 Å². The first-order valence-electron chi connectivity index (χ1n) is 30.5. The van der Waals surface area contributed by atoms with Gasteiger partial charge in [0.15, 0.2) is 0 Å². The fourth-order valence-corrected chi connectivity index (χ4v) is 18.7. The highest BCUT2D eigenvalue weighted by Crippen LogP contribution is 2.76. The summed E-state index contributed by atoms with van der Waals surface area (Å²) in [6.45, 7) is 9.20. The number of carbonyl (C=O) groups is 4. The van der Waals surface area contributed by atoms with Crippen LogP contribution in [-0.2, 0) is 42.7 Å². The van der Waals surface area contributed by atoms with Gasteiger partial charge < -0.3 is 89.3 Å². The highest BCUT2D eigenvalue weighted by atomic mass is 16.7. The number of benzene rings is 2. The SMILES string of the molecule is CC1OC(=O)C2CC1(COC(=O)c1ccccc1)C(C1OC(COC(=O)c3ccccc3)C(O)C(OC3(C)CCC4(C(=O)OC5OC(CO)C(O)C(O)C5O)CCC5(C)C(=CCC6C7(C)CC(O)C(O)C(C)(CO)C7CCC65C)C4C3O)C1O)C2O. The predicted molar refractivity (Wildman–Crippen MR) is 298 cm³/mol. The first kappa shape index (κ1) is 63.1. The summed E-state index contributed by atoms with van der Waals surface area (Å²) in [5.41, 5.74) is -6.84. The van der Waals surface area contributed by atoms with E-state index >= 15 is 4.79 Å². The number of fused-ring (bicyclic) bond motifs is 9. The molecule has 0 amide bonds. The smallest absolute Gasteiger partial charge is 0.338 e. The van der Waals surface area contributed by atoms with Gasteiger partial charge in [0.1, 0.15) is 68.1 Å². The van der Waals surface area contributed by atoms with Crippen LogP contribution in [0.2, 0.25) is 0 Å². The maximum absolute atomic E-state index is 15.5. The van der Waals surface area contributed by atoms with Crippen LogP contribution in [0.15, 0.2) is 72.3 Å². The van der Waals surface area contributed by atoms with Gasteiger partial charge in [-0.25, -0.2) is 9.59 Å². The van der Waals surface area contributed by atoms with Crippen LogP contribution in [0.25, 0.3) is 0 Å². The lowest BCUT2D eigenvalue weighted by Gasteiger charge is -2.72. The number of carbonyl (C=O) groups excluding carboxylic acids is 4. The van der Waals surface area contributed by atoms with Crippen LogP contribution in [-0.4, -0.2) is 204 Å². The third-order valence-corrected chi connectivity index (χ3v) is 23.9. The van der Waals surface area contributed by atoms with Crippen molar-refractivity contribution in [2.75, 3.05) is 26.4 Å². The Morgan fingerprint density at radius 3 is 1.95 bits per heavy atom. The molecule has 3 heterocycles. The molecule has 0 radical (unpaired) electrons. The van der Waals surface area contributed by atoms with Crippen molar-refractivity contribution >= 4 is 23.9 Å². The molecule has 22 nitrogen and oxygen atoms in total. The summed E-state index contributed by atoms with van der Waals surface area (Å²) in [6.07, 6.45) is -20.1. The first-order chi connectivity index (χ1) is 40.6. The Morgan fingerprint density at radius 2 is 1.31 bits per heavy atom. The maximum Gasteiger partial charge on any atom is 0.338 e. The summed E-state index contributed by atoms with van der Waals surface area (Å²) in [4.78, 5) is 56.3. The van der Waals surface area contributed by atoms with Crippen molar-refractivity contribution in [2.24, 2.45) is 62.1 Å². The Morgan fingerprint density at radius 1 is 0.674 bits per heavy atom. The number of hydrogen-bond donors (Lipinski definition) is 11. The van der Waals surface area contributed by atoms with Crippen LogP contribution in [0.5, 0.6) is 0 Å². The molecule has 27 unspecified atom stereocenters. The molecule has 11 N–H and O–H groups in total. The molecule has 8 fully saturated rings. The van der Waals surface area contributed by atoms with Gasteiger partial charge in [-0.1, -0.05) is 75.7 Å². The zero-order valence-electron chi connectivity index (χ0n) is 49.5. The van der Waals surface area contributed by atoms with E-state index in [9.17, 15) is 70.6 Å². The topological polar surface area (TPSA) is 355 Å². The molecule has 2 bridgehead atoms. The molecule has 0 spiro atoms. The number of ether oxygens (including phenoxy) is 7. The van der Waals surface area contributed by atoms with Crippen LogP contribution in [0.4, 0.5) is 0 Å². The second kappa shape index (κ2) is 22.8. The van der Waals surface area contributed by atoms with E-state index in [1.807, 2.05) is 13.0 Å². The zero-order chi connectivity index (χ0) is 62.0. The normalized spacial score (nSPS) is 48.7. The van der Waals surface area contributed by atoms with Crippen LogP contribution in [0.3, 0.4) is 0 Å². The third-order valence-electron chi connectivity index (χ3n) is 23.9. The van der Waals surface area contributed by atoms with Crippen molar-refractivity contribution in [3.8, 4) is 0 Å². The second-order valence-electron chi connectivity index (χ2n) is 27.9. The Hall–Kier alpha value is -4.50. The lowest BCUT2D eigenvalue weighted by Crippen LogP contribution is -2.71. The average Bonchev–Trinajstić information content (AvgIpc) is 0.801. The van der Waals surface area contributed by atoms with Gasteiger partial charge in [-0.05, 0) is 124 Å². The summed E-state index contributed by atoms with van der Waals surface area (Å²) in [5, 5.41) is 128. The molecule has 9 aliphatic rings. The number of hydrogen-bond acceptors (Lipinski definition) is 22. The quantitative estimate of drug-likeness (QED) is 0.0772. The molecule has 5 saturated carbocycles. The molecule has 27 atom stereocenters. The minimum Gasteiger partial charge on any atom is -0.462 e. The van der Waals surface area contributed by atoms with Crippen molar-refractivity contribution in [1.82, 2.24) is 0 Å². The van der Waals surface area contributed by atoms with E-state index < -0.39 is 191 Å². The van der Waals surface area contributed by atoms with Gasteiger partial charge in [-0.15, -0.1) is 0 Å².